The van der Waals surface area contributed by atoms with Gasteiger partial charge >= 0.3 is 5.97 Å². The van der Waals surface area contributed by atoms with E-state index < -0.39 is 5.97 Å². The predicted octanol–water partition coefficient (Wildman–Crippen LogP) is 4.44. The summed E-state index contributed by atoms with van der Waals surface area (Å²) in [5, 5.41) is 13.2. The van der Waals surface area contributed by atoms with Crippen molar-refractivity contribution in [1.29, 1.82) is 0 Å². The standard InChI is InChI=1S/C25H31NO4/c1-24(2)13-17-7-21(30-3)19(23(28)29)8-18(17)20(26-24)9-22(27)25-10-14-4-15(11-25)6-16(5-14)12-25/h7-9,14-16,26H,4-6,10-13H2,1-3H3,(H,28,29). The largest absolute Gasteiger partial charge is 0.496 e. The van der Waals surface area contributed by atoms with Crippen molar-refractivity contribution in [3.05, 3.63) is 34.9 Å². The molecule has 160 valence electrons. The number of rotatable bonds is 4. The Kier molecular flexibility index (Phi) is 4.32. The Hall–Kier alpha value is -2.30. The zero-order chi connectivity index (χ0) is 21.3. The molecular weight excluding hydrogens is 378 g/mol. The molecule has 4 saturated carbocycles. The molecule has 4 bridgehead atoms. The molecule has 6 rings (SSSR count). The smallest absolute Gasteiger partial charge is 0.339 e. The summed E-state index contributed by atoms with van der Waals surface area (Å²) >= 11 is 0. The van der Waals surface area contributed by atoms with Gasteiger partial charge in [0.2, 0.25) is 0 Å². The fraction of sp³-hybridized carbons (Fsp3) is 0.600. The van der Waals surface area contributed by atoms with Gasteiger partial charge in [0, 0.05) is 28.3 Å². The SMILES string of the molecule is COc1cc2c(cc1C(=O)O)C(=CC(=O)C13CC4CC(CC(C4)C1)C3)NC(C)(C)C2. The van der Waals surface area contributed by atoms with Crippen LogP contribution in [0.1, 0.15) is 73.9 Å². The van der Waals surface area contributed by atoms with Gasteiger partial charge in [-0.05, 0) is 94.2 Å². The van der Waals surface area contributed by atoms with Crippen molar-refractivity contribution in [2.24, 2.45) is 23.2 Å². The number of carbonyl (C=O) groups is 2. The third-order valence-electron chi connectivity index (χ3n) is 7.89. The topological polar surface area (TPSA) is 75.6 Å². The van der Waals surface area contributed by atoms with Gasteiger partial charge in [-0.25, -0.2) is 4.79 Å². The van der Waals surface area contributed by atoms with Crippen LogP contribution in [-0.4, -0.2) is 29.5 Å². The Labute approximate surface area is 177 Å². The summed E-state index contributed by atoms with van der Waals surface area (Å²) in [5.41, 5.74) is 2.29. The normalized spacial score (nSPS) is 34.4. The van der Waals surface area contributed by atoms with Gasteiger partial charge in [-0.15, -0.1) is 0 Å². The minimum absolute atomic E-state index is 0.130. The molecule has 0 amide bonds. The summed E-state index contributed by atoms with van der Waals surface area (Å²) in [7, 11) is 1.49. The van der Waals surface area contributed by atoms with E-state index in [9.17, 15) is 14.7 Å². The lowest BCUT2D eigenvalue weighted by Crippen LogP contribution is -2.50. The molecule has 5 nitrogen and oxygen atoms in total. The number of ketones is 1. The van der Waals surface area contributed by atoms with Gasteiger partial charge in [0.05, 0.1) is 7.11 Å². The van der Waals surface area contributed by atoms with Crippen LogP contribution in [0, 0.1) is 23.2 Å². The third-order valence-corrected chi connectivity index (χ3v) is 7.89. The zero-order valence-corrected chi connectivity index (χ0v) is 18.1. The van der Waals surface area contributed by atoms with Crippen LogP contribution >= 0.6 is 0 Å². The fourth-order valence-electron chi connectivity index (χ4n) is 7.12. The first-order valence-electron chi connectivity index (χ1n) is 11.2. The lowest BCUT2D eigenvalue weighted by molar-refractivity contribution is -0.138. The molecule has 4 aliphatic carbocycles. The molecule has 2 N–H and O–H groups in total. The minimum Gasteiger partial charge on any atom is -0.496 e. The van der Waals surface area contributed by atoms with Gasteiger partial charge in [0.1, 0.15) is 11.3 Å². The van der Waals surface area contributed by atoms with Crippen molar-refractivity contribution in [3.8, 4) is 5.75 Å². The second-order valence-electron chi connectivity index (χ2n) is 10.8. The Morgan fingerprint density at radius 1 is 1.10 bits per heavy atom. The molecule has 0 saturated heterocycles. The van der Waals surface area contributed by atoms with Gasteiger partial charge in [-0.1, -0.05) is 0 Å². The number of benzene rings is 1. The van der Waals surface area contributed by atoms with Crippen LogP contribution in [0.25, 0.3) is 5.70 Å². The Bertz CT molecular complexity index is 923. The summed E-state index contributed by atoms with van der Waals surface area (Å²) < 4.78 is 5.33. The van der Waals surface area contributed by atoms with Crippen molar-refractivity contribution in [3.63, 3.8) is 0 Å². The minimum atomic E-state index is -1.02. The van der Waals surface area contributed by atoms with Crippen LogP contribution in [0.2, 0.25) is 0 Å². The molecule has 0 atom stereocenters. The van der Waals surface area contributed by atoms with E-state index in [4.69, 9.17) is 4.74 Å². The number of carboxylic acid groups (broad SMARTS) is 1. The van der Waals surface area contributed by atoms with Crippen LogP contribution in [-0.2, 0) is 11.2 Å². The average molecular weight is 410 g/mol. The Morgan fingerprint density at radius 3 is 2.23 bits per heavy atom. The number of aromatic carboxylic acids is 1. The molecule has 0 aromatic heterocycles. The molecular formula is C25H31NO4. The summed E-state index contributed by atoms with van der Waals surface area (Å²) in [6, 6.07) is 3.49. The zero-order valence-electron chi connectivity index (χ0n) is 18.1. The fourth-order valence-corrected chi connectivity index (χ4v) is 7.12. The van der Waals surface area contributed by atoms with E-state index in [-0.39, 0.29) is 22.3 Å². The number of ether oxygens (including phenoxy) is 1. The maximum Gasteiger partial charge on any atom is 0.339 e. The van der Waals surface area contributed by atoms with Crippen LogP contribution in [0.5, 0.6) is 5.75 Å². The van der Waals surface area contributed by atoms with Crippen molar-refractivity contribution >= 4 is 17.4 Å². The second-order valence-corrected chi connectivity index (χ2v) is 10.8. The molecule has 0 spiro atoms. The van der Waals surface area contributed by atoms with Gasteiger partial charge in [0.25, 0.3) is 0 Å². The maximum atomic E-state index is 13.7. The molecule has 4 fully saturated rings. The maximum absolute atomic E-state index is 13.7. The highest BCUT2D eigenvalue weighted by atomic mass is 16.5. The number of hydrogen-bond donors (Lipinski definition) is 2. The summed E-state index contributed by atoms with van der Waals surface area (Å²) in [5.74, 6) is 1.72. The van der Waals surface area contributed by atoms with Gasteiger partial charge < -0.3 is 15.2 Å². The average Bonchev–Trinajstić information content (AvgIpc) is 2.64. The molecule has 1 aromatic rings. The summed E-state index contributed by atoms with van der Waals surface area (Å²) in [4.78, 5) is 25.4. The van der Waals surface area contributed by atoms with Crippen molar-refractivity contribution < 1.29 is 19.4 Å². The lowest BCUT2D eigenvalue weighted by atomic mass is 9.48. The van der Waals surface area contributed by atoms with E-state index in [0.29, 0.717) is 23.5 Å². The third kappa shape index (κ3) is 3.14. The Balaban J connectivity index is 1.56. The van der Waals surface area contributed by atoms with E-state index in [1.54, 1.807) is 12.1 Å². The van der Waals surface area contributed by atoms with Gasteiger partial charge in [-0.3, -0.25) is 4.79 Å². The molecule has 30 heavy (non-hydrogen) atoms. The number of carbonyl (C=O) groups excluding carboxylic acids is 1. The van der Waals surface area contributed by atoms with Crippen molar-refractivity contribution in [2.75, 3.05) is 7.11 Å². The highest BCUT2D eigenvalue weighted by molar-refractivity contribution is 6.02. The van der Waals surface area contributed by atoms with Gasteiger partial charge in [-0.2, -0.15) is 0 Å². The molecule has 5 aliphatic rings. The van der Waals surface area contributed by atoms with E-state index in [2.05, 4.69) is 19.2 Å². The second kappa shape index (κ2) is 6.60. The summed E-state index contributed by atoms with van der Waals surface area (Å²) in [6.07, 6.45) is 9.53. The van der Waals surface area contributed by atoms with Gasteiger partial charge in [0.15, 0.2) is 5.78 Å². The van der Waals surface area contributed by atoms with E-state index in [1.165, 1.54) is 26.4 Å². The van der Waals surface area contributed by atoms with Crippen LogP contribution in [0.3, 0.4) is 0 Å². The molecule has 0 unspecified atom stereocenters. The number of nitrogens with one attached hydrogen (secondary N) is 1. The van der Waals surface area contributed by atoms with E-state index in [1.807, 2.05) is 6.07 Å². The molecule has 1 heterocycles. The van der Waals surface area contributed by atoms with Crippen LogP contribution in [0.15, 0.2) is 18.2 Å². The van der Waals surface area contributed by atoms with Crippen molar-refractivity contribution in [2.45, 2.75) is 64.3 Å². The molecule has 5 heteroatoms. The molecule has 0 radical (unpaired) electrons. The first-order valence-corrected chi connectivity index (χ1v) is 11.2. The van der Waals surface area contributed by atoms with Crippen LogP contribution in [0.4, 0.5) is 0 Å². The number of methoxy groups -OCH3 is 1. The van der Waals surface area contributed by atoms with E-state index in [0.717, 1.165) is 42.5 Å². The number of hydrogen-bond acceptors (Lipinski definition) is 4. The number of carboxylic acids is 1. The monoisotopic (exact) mass is 409 g/mol. The van der Waals surface area contributed by atoms with Crippen LogP contribution < -0.4 is 10.1 Å². The number of fused-ring (bicyclic) bond motifs is 1. The number of allylic oxidation sites excluding steroid dienone is 1. The molecule has 1 aliphatic heterocycles. The highest BCUT2D eigenvalue weighted by Gasteiger charge is 2.54. The first kappa shape index (κ1) is 19.7. The molecule has 1 aromatic carbocycles. The predicted molar refractivity (Wildman–Crippen MR) is 114 cm³/mol. The van der Waals surface area contributed by atoms with E-state index >= 15 is 0 Å². The summed E-state index contributed by atoms with van der Waals surface area (Å²) in [6.45, 7) is 4.22. The quantitative estimate of drug-likeness (QED) is 0.719. The lowest BCUT2D eigenvalue weighted by Gasteiger charge is -2.55. The van der Waals surface area contributed by atoms with Crippen molar-refractivity contribution in [1.82, 2.24) is 5.32 Å². The highest BCUT2D eigenvalue weighted by Crippen LogP contribution is 2.60. The Morgan fingerprint density at radius 2 is 1.70 bits per heavy atom. The first-order chi connectivity index (χ1) is 14.2.